The summed E-state index contributed by atoms with van der Waals surface area (Å²) >= 11 is 5.77. The van der Waals surface area contributed by atoms with Crippen LogP contribution in [0, 0.1) is 0 Å². The van der Waals surface area contributed by atoms with E-state index in [9.17, 15) is 15.3 Å². The monoisotopic (exact) mass is 273 g/mol. The van der Waals surface area contributed by atoms with Crippen LogP contribution in [-0.4, -0.2) is 46.0 Å². The topological polar surface area (TPSA) is 82.0 Å². The molecular formula is C12H16ClNO4. The number of rotatable bonds is 2. The van der Waals surface area contributed by atoms with Crippen LogP contribution in [0.2, 0.25) is 5.02 Å². The van der Waals surface area contributed by atoms with Gasteiger partial charge in [-0.2, -0.15) is 0 Å². The summed E-state index contributed by atoms with van der Waals surface area (Å²) in [6.07, 6.45) is -4.87. The first-order valence-corrected chi connectivity index (χ1v) is 6.08. The second-order valence-corrected chi connectivity index (χ2v) is 4.82. The number of benzene rings is 1. The number of aliphatic hydroxyl groups excluding tert-OH is 3. The Morgan fingerprint density at radius 3 is 2.28 bits per heavy atom. The summed E-state index contributed by atoms with van der Waals surface area (Å²) in [4.78, 5) is 0. The Hall–Kier alpha value is -0.850. The third-order valence-corrected chi connectivity index (χ3v) is 3.26. The first-order valence-electron chi connectivity index (χ1n) is 5.71. The van der Waals surface area contributed by atoms with E-state index in [-0.39, 0.29) is 0 Å². The first-order chi connectivity index (χ1) is 8.49. The van der Waals surface area contributed by atoms with Crippen molar-refractivity contribution in [1.29, 1.82) is 0 Å². The molecule has 100 valence electrons. The highest BCUT2D eigenvalue weighted by Gasteiger charge is 2.41. The van der Waals surface area contributed by atoms with E-state index in [0.717, 1.165) is 0 Å². The van der Waals surface area contributed by atoms with Gasteiger partial charge in [-0.1, -0.05) is 11.6 Å². The van der Waals surface area contributed by atoms with Crippen molar-refractivity contribution in [2.24, 2.45) is 0 Å². The smallest absolute Gasteiger partial charge is 0.157 e. The third-order valence-electron chi connectivity index (χ3n) is 3.01. The fourth-order valence-corrected chi connectivity index (χ4v) is 2.01. The van der Waals surface area contributed by atoms with Crippen molar-refractivity contribution in [1.82, 2.24) is 0 Å². The van der Waals surface area contributed by atoms with Crippen LogP contribution in [0.1, 0.15) is 6.92 Å². The second-order valence-electron chi connectivity index (χ2n) is 4.38. The van der Waals surface area contributed by atoms with Crippen LogP contribution in [0.3, 0.4) is 0 Å². The van der Waals surface area contributed by atoms with Gasteiger partial charge in [-0.3, -0.25) is 0 Å². The number of anilines is 1. The highest BCUT2D eigenvalue weighted by Crippen LogP contribution is 2.23. The molecule has 0 amide bonds. The Morgan fingerprint density at radius 2 is 1.67 bits per heavy atom. The van der Waals surface area contributed by atoms with Crippen LogP contribution in [0.25, 0.3) is 0 Å². The zero-order chi connectivity index (χ0) is 13.3. The highest BCUT2D eigenvalue weighted by atomic mass is 35.5. The first kappa shape index (κ1) is 13.6. The third kappa shape index (κ3) is 2.76. The molecule has 1 aromatic rings. The van der Waals surface area contributed by atoms with E-state index in [0.29, 0.717) is 10.7 Å². The van der Waals surface area contributed by atoms with E-state index < -0.39 is 30.6 Å². The van der Waals surface area contributed by atoms with Gasteiger partial charge in [0.05, 0.1) is 6.10 Å². The molecule has 0 saturated carbocycles. The van der Waals surface area contributed by atoms with Gasteiger partial charge in [0.1, 0.15) is 18.3 Å². The van der Waals surface area contributed by atoms with E-state index in [1.165, 1.54) is 0 Å². The predicted octanol–water partition coefficient (Wildman–Crippen LogP) is 0.579. The van der Waals surface area contributed by atoms with E-state index >= 15 is 0 Å². The van der Waals surface area contributed by atoms with E-state index in [4.69, 9.17) is 16.3 Å². The van der Waals surface area contributed by atoms with E-state index in [2.05, 4.69) is 5.32 Å². The zero-order valence-electron chi connectivity index (χ0n) is 9.82. The van der Waals surface area contributed by atoms with Crippen LogP contribution in [0.4, 0.5) is 5.69 Å². The standard InChI is InChI=1S/C12H16ClNO4/c1-6-9(15)10(16)11(17)12(18-6)14-8-4-2-7(13)3-5-8/h2-6,9-12,14-17H,1H3/t6-,9+,10+,11+,12-/m0/s1. The lowest BCUT2D eigenvalue weighted by Crippen LogP contribution is -2.58. The number of ether oxygens (including phenoxy) is 1. The molecule has 0 bridgehead atoms. The summed E-state index contributed by atoms with van der Waals surface area (Å²) in [5, 5.41) is 32.6. The van der Waals surface area contributed by atoms with Gasteiger partial charge in [-0.25, -0.2) is 0 Å². The van der Waals surface area contributed by atoms with Crippen LogP contribution < -0.4 is 5.32 Å². The van der Waals surface area contributed by atoms with E-state index in [1.54, 1.807) is 31.2 Å². The number of aliphatic hydroxyl groups is 3. The average molecular weight is 274 g/mol. The maximum atomic E-state index is 9.82. The molecule has 4 N–H and O–H groups in total. The molecular weight excluding hydrogens is 258 g/mol. The summed E-state index contributed by atoms with van der Waals surface area (Å²) < 4.78 is 5.41. The molecule has 5 nitrogen and oxygen atoms in total. The van der Waals surface area contributed by atoms with Crippen molar-refractivity contribution in [2.45, 2.75) is 37.6 Å². The van der Waals surface area contributed by atoms with Gasteiger partial charge < -0.3 is 25.4 Å². The molecule has 1 aromatic carbocycles. The van der Waals surface area contributed by atoms with Crippen molar-refractivity contribution >= 4 is 17.3 Å². The lowest BCUT2D eigenvalue weighted by atomic mass is 9.99. The molecule has 6 heteroatoms. The molecule has 1 heterocycles. The molecule has 5 atom stereocenters. The molecule has 1 aliphatic rings. The Bertz CT molecular complexity index is 400. The lowest BCUT2D eigenvalue weighted by molar-refractivity contribution is -0.209. The molecule has 0 aromatic heterocycles. The quantitative estimate of drug-likeness (QED) is 0.634. The highest BCUT2D eigenvalue weighted by molar-refractivity contribution is 6.30. The van der Waals surface area contributed by atoms with Gasteiger partial charge in [-0.05, 0) is 31.2 Å². The summed E-state index contributed by atoms with van der Waals surface area (Å²) in [6, 6.07) is 6.88. The number of nitrogens with one attached hydrogen (secondary N) is 1. The number of hydrogen-bond donors (Lipinski definition) is 4. The van der Waals surface area contributed by atoms with Crippen molar-refractivity contribution in [3.8, 4) is 0 Å². The van der Waals surface area contributed by atoms with Crippen LogP contribution in [0.15, 0.2) is 24.3 Å². The van der Waals surface area contributed by atoms with Crippen molar-refractivity contribution in [3.63, 3.8) is 0 Å². The fraction of sp³-hybridized carbons (Fsp3) is 0.500. The van der Waals surface area contributed by atoms with Gasteiger partial charge in [0.2, 0.25) is 0 Å². The largest absolute Gasteiger partial charge is 0.388 e. The summed E-state index contributed by atoms with van der Waals surface area (Å²) in [6.45, 7) is 1.64. The molecule has 0 aliphatic carbocycles. The van der Waals surface area contributed by atoms with Gasteiger partial charge in [0.15, 0.2) is 6.23 Å². The van der Waals surface area contributed by atoms with Crippen molar-refractivity contribution in [2.75, 3.05) is 5.32 Å². The van der Waals surface area contributed by atoms with Crippen LogP contribution >= 0.6 is 11.6 Å². The Labute approximate surface area is 110 Å². The molecule has 1 saturated heterocycles. The SMILES string of the molecule is C[C@@H]1O[C@H](Nc2ccc(Cl)cc2)[C@H](O)[C@H](O)[C@@H]1O. The molecule has 0 unspecified atom stereocenters. The van der Waals surface area contributed by atoms with Gasteiger partial charge in [0.25, 0.3) is 0 Å². The maximum absolute atomic E-state index is 9.82. The molecule has 18 heavy (non-hydrogen) atoms. The number of hydrogen-bond acceptors (Lipinski definition) is 5. The molecule has 1 aliphatic heterocycles. The Balaban J connectivity index is 2.06. The normalized spacial score (nSPS) is 36.4. The van der Waals surface area contributed by atoms with Gasteiger partial charge >= 0.3 is 0 Å². The second kappa shape index (κ2) is 5.42. The Morgan fingerprint density at radius 1 is 1.06 bits per heavy atom. The van der Waals surface area contributed by atoms with Gasteiger partial charge in [0, 0.05) is 10.7 Å². The minimum atomic E-state index is -1.24. The van der Waals surface area contributed by atoms with Crippen LogP contribution in [0.5, 0.6) is 0 Å². The molecule has 1 fully saturated rings. The molecule has 0 radical (unpaired) electrons. The fourth-order valence-electron chi connectivity index (χ4n) is 1.88. The minimum Gasteiger partial charge on any atom is -0.388 e. The zero-order valence-corrected chi connectivity index (χ0v) is 10.6. The van der Waals surface area contributed by atoms with Crippen LogP contribution in [-0.2, 0) is 4.74 Å². The molecule has 2 rings (SSSR count). The molecule has 0 spiro atoms. The summed E-state index contributed by atoms with van der Waals surface area (Å²) in [5.74, 6) is 0. The summed E-state index contributed by atoms with van der Waals surface area (Å²) in [7, 11) is 0. The van der Waals surface area contributed by atoms with Crippen molar-refractivity contribution in [3.05, 3.63) is 29.3 Å². The average Bonchev–Trinajstić information content (AvgIpc) is 2.36. The van der Waals surface area contributed by atoms with E-state index in [1.807, 2.05) is 0 Å². The maximum Gasteiger partial charge on any atom is 0.157 e. The number of halogens is 1. The lowest BCUT2D eigenvalue weighted by Gasteiger charge is -2.39. The Kier molecular flexibility index (Phi) is 4.09. The summed E-state index contributed by atoms with van der Waals surface area (Å²) in [5.41, 5.74) is 0.708. The predicted molar refractivity (Wildman–Crippen MR) is 67.4 cm³/mol. The minimum absolute atomic E-state index is 0.562. The van der Waals surface area contributed by atoms with Crippen molar-refractivity contribution < 1.29 is 20.1 Å². The van der Waals surface area contributed by atoms with Gasteiger partial charge in [-0.15, -0.1) is 0 Å².